The van der Waals surface area contributed by atoms with Crippen molar-refractivity contribution >= 4 is 11.6 Å². The van der Waals surface area contributed by atoms with E-state index in [4.69, 9.17) is 0 Å². The zero-order valence-electron chi connectivity index (χ0n) is 16.8. The third-order valence-electron chi connectivity index (χ3n) is 4.70. The first-order valence-electron chi connectivity index (χ1n) is 9.61. The van der Waals surface area contributed by atoms with Crippen molar-refractivity contribution in [2.24, 2.45) is 0 Å². The third-order valence-corrected chi connectivity index (χ3v) is 4.70. The van der Waals surface area contributed by atoms with Gasteiger partial charge in [0.2, 0.25) is 5.91 Å². The molecule has 3 heteroatoms. The molecule has 140 valence electrons. The van der Waals surface area contributed by atoms with Crippen LogP contribution in [0, 0.1) is 0 Å². The Morgan fingerprint density at radius 1 is 0.923 bits per heavy atom. The number of carbonyl (C=O) groups is 1. The highest BCUT2D eigenvalue weighted by Gasteiger charge is 2.17. The lowest BCUT2D eigenvalue weighted by atomic mass is 9.92. The molecule has 0 atom stereocenters. The van der Waals surface area contributed by atoms with E-state index in [0.717, 1.165) is 18.8 Å². The highest BCUT2D eigenvalue weighted by Crippen LogP contribution is 2.32. The number of carbonyl (C=O) groups excluding carboxylic acids is 1. The summed E-state index contributed by atoms with van der Waals surface area (Å²) in [6.07, 6.45) is 0. The number of hydrogen-bond acceptors (Lipinski definition) is 2. The van der Waals surface area contributed by atoms with Crippen LogP contribution in [0.3, 0.4) is 0 Å². The van der Waals surface area contributed by atoms with E-state index in [1.54, 1.807) is 0 Å². The van der Waals surface area contributed by atoms with Crippen LogP contribution in [0.25, 0.3) is 0 Å². The van der Waals surface area contributed by atoms with Crippen LogP contribution in [0.15, 0.2) is 48.5 Å². The summed E-state index contributed by atoms with van der Waals surface area (Å²) >= 11 is 0. The largest absolute Gasteiger partial charge is 0.324 e. The van der Waals surface area contributed by atoms with Crippen LogP contribution in [-0.4, -0.2) is 23.9 Å². The molecule has 0 unspecified atom stereocenters. The zero-order chi connectivity index (χ0) is 19.1. The summed E-state index contributed by atoms with van der Waals surface area (Å²) in [5.74, 6) is 0.795. The van der Waals surface area contributed by atoms with Crippen molar-refractivity contribution < 1.29 is 4.79 Å². The molecule has 0 bridgehead atoms. The van der Waals surface area contributed by atoms with Gasteiger partial charge in [0, 0.05) is 12.2 Å². The molecule has 1 N–H and O–H groups in total. The second-order valence-corrected chi connectivity index (χ2v) is 7.46. The molecule has 0 heterocycles. The topological polar surface area (TPSA) is 32.3 Å². The van der Waals surface area contributed by atoms with Gasteiger partial charge < -0.3 is 5.32 Å². The van der Waals surface area contributed by atoms with Gasteiger partial charge in [-0.2, -0.15) is 0 Å². The van der Waals surface area contributed by atoms with Gasteiger partial charge >= 0.3 is 0 Å². The van der Waals surface area contributed by atoms with Gasteiger partial charge in [0.05, 0.1) is 6.54 Å². The maximum Gasteiger partial charge on any atom is 0.238 e. The fraction of sp³-hybridized carbons (Fsp3) is 0.435. The summed E-state index contributed by atoms with van der Waals surface area (Å²) in [7, 11) is 0. The summed E-state index contributed by atoms with van der Waals surface area (Å²) in [6.45, 7) is 12.8. The van der Waals surface area contributed by atoms with Crippen molar-refractivity contribution in [3.8, 4) is 0 Å². The lowest BCUT2D eigenvalue weighted by molar-refractivity contribution is -0.117. The summed E-state index contributed by atoms with van der Waals surface area (Å²) in [5.41, 5.74) is 4.64. The highest BCUT2D eigenvalue weighted by atomic mass is 16.2. The normalized spacial score (nSPS) is 11.4. The predicted octanol–water partition coefficient (Wildman–Crippen LogP) is 5.39. The molecule has 0 aliphatic carbocycles. The molecule has 0 aliphatic heterocycles. The first-order chi connectivity index (χ1) is 12.4. The second kappa shape index (κ2) is 9.54. The Morgan fingerprint density at radius 2 is 1.50 bits per heavy atom. The van der Waals surface area contributed by atoms with Gasteiger partial charge in [0.25, 0.3) is 0 Å². The smallest absolute Gasteiger partial charge is 0.238 e. The van der Waals surface area contributed by atoms with E-state index >= 15 is 0 Å². The Balaban J connectivity index is 2.13. The number of nitrogens with one attached hydrogen (secondary N) is 1. The minimum Gasteiger partial charge on any atom is -0.324 e. The van der Waals surface area contributed by atoms with Crippen LogP contribution in [0.2, 0.25) is 0 Å². The molecule has 1 amide bonds. The van der Waals surface area contributed by atoms with Crippen molar-refractivity contribution in [3.05, 3.63) is 65.2 Å². The maximum absolute atomic E-state index is 12.8. The predicted molar refractivity (Wildman–Crippen MR) is 111 cm³/mol. The van der Waals surface area contributed by atoms with Gasteiger partial charge in [0.15, 0.2) is 0 Å². The summed E-state index contributed by atoms with van der Waals surface area (Å²) in [5, 5.41) is 3.21. The molecular weight excluding hydrogens is 320 g/mol. The highest BCUT2D eigenvalue weighted by molar-refractivity contribution is 5.94. The molecule has 0 aliphatic rings. The quantitative estimate of drug-likeness (QED) is 0.690. The summed E-state index contributed by atoms with van der Waals surface area (Å²) in [6, 6.07) is 16.6. The Labute approximate surface area is 158 Å². The lowest BCUT2D eigenvalue weighted by Gasteiger charge is -2.23. The first kappa shape index (κ1) is 20.2. The fourth-order valence-electron chi connectivity index (χ4n) is 3.20. The van der Waals surface area contributed by atoms with Gasteiger partial charge in [-0.05, 0) is 35.1 Å². The van der Waals surface area contributed by atoms with Crippen LogP contribution in [0.4, 0.5) is 5.69 Å². The standard InChI is InChI=1S/C23H32N2O/c1-6-25(15-19-11-8-7-9-12-19)16-22(26)24-23-20(17(2)3)13-10-14-21(23)18(4)5/h7-14,17-18H,6,15-16H2,1-5H3,(H,24,26). The Kier molecular flexibility index (Phi) is 7.40. The van der Waals surface area contributed by atoms with Gasteiger partial charge in [-0.25, -0.2) is 0 Å². The Hall–Kier alpha value is -2.13. The minimum absolute atomic E-state index is 0.0535. The maximum atomic E-state index is 12.8. The van der Waals surface area contributed by atoms with E-state index in [9.17, 15) is 4.79 Å². The van der Waals surface area contributed by atoms with Gasteiger partial charge in [-0.3, -0.25) is 9.69 Å². The van der Waals surface area contributed by atoms with Crippen molar-refractivity contribution in [1.82, 2.24) is 4.90 Å². The molecule has 0 saturated carbocycles. The van der Waals surface area contributed by atoms with Crippen molar-refractivity contribution in [3.63, 3.8) is 0 Å². The van der Waals surface area contributed by atoms with Crippen molar-refractivity contribution in [2.45, 2.75) is 53.0 Å². The SMILES string of the molecule is CCN(CC(=O)Nc1c(C(C)C)cccc1C(C)C)Cc1ccccc1. The summed E-state index contributed by atoms with van der Waals surface area (Å²) < 4.78 is 0. The molecule has 0 saturated heterocycles. The molecule has 0 aromatic heterocycles. The van der Waals surface area contributed by atoms with E-state index in [2.05, 4.69) is 75.2 Å². The number of rotatable bonds is 8. The number of para-hydroxylation sites is 1. The van der Waals surface area contributed by atoms with Gasteiger partial charge in [0.1, 0.15) is 0 Å². The average Bonchev–Trinajstić information content (AvgIpc) is 2.61. The number of benzene rings is 2. The number of amides is 1. The molecule has 26 heavy (non-hydrogen) atoms. The molecule has 0 spiro atoms. The van der Waals surface area contributed by atoms with E-state index in [0.29, 0.717) is 18.4 Å². The van der Waals surface area contributed by atoms with E-state index in [1.165, 1.54) is 16.7 Å². The number of hydrogen-bond donors (Lipinski definition) is 1. The Morgan fingerprint density at radius 3 is 2.00 bits per heavy atom. The van der Waals surface area contributed by atoms with Crippen LogP contribution >= 0.6 is 0 Å². The molecule has 2 aromatic rings. The summed E-state index contributed by atoms with van der Waals surface area (Å²) in [4.78, 5) is 14.9. The first-order valence-corrected chi connectivity index (χ1v) is 9.61. The Bertz CT molecular complexity index is 681. The fourth-order valence-corrected chi connectivity index (χ4v) is 3.20. The van der Waals surface area contributed by atoms with Crippen LogP contribution < -0.4 is 5.32 Å². The molecule has 2 rings (SSSR count). The molecule has 0 radical (unpaired) electrons. The number of likely N-dealkylation sites (N-methyl/N-ethyl adjacent to an activating group) is 1. The lowest BCUT2D eigenvalue weighted by Crippen LogP contribution is -2.33. The number of nitrogens with zero attached hydrogens (tertiary/aromatic N) is 1. The molecular formula is C23H32N2O. The van der Waals surface area contributed by atoms with Crippen molar-refractivity contribution in [1.29, 1.82) is 0 Å². The van der Waals surface area contributed by atoms with Crippen molar-refractivity contribution in [2.75, 3.05) is 18.4 Å². The van der Waals surface area contributed by atoms with E-state index in [-0.39, 0.29) is 5.91 Å². The monoisotopic (exact) mass is 352 g/mol. The van der Waals surface area contributed by atoms with Gasteiger partial charge in [-0.15, -0.1) is 0 Å². The number of anilines is 1. The third kappa shape index (κ3) is 5.43. The van der Waals surface area contributed by atoms with Crippen LogP contribution in [0.5, 0.6) is 0 Å². The van der Waals surface area contributed by atoms with E-state index < -0.39 is 0 Å². The second-order valence-electron chi connectivity index (χ2n) is 7.46. The van der Waals surface area contributed by atoms with Crippen LogP contribution in [0.1, 0.15) is 63.1 Å². The minimum atomic E-state index is 0.0535. The average molecular weight is 353 g/mol. The molecule has 2 aromatic carbocycles. The van der Waals surface area contributed by atoms with Gasteiger partial charge in [-0.1, -0.05) is 83.1 Å². The zero-order valence-corrected chi connectivity index (χ0v) is 16.8. The van der Waals surface area contributed by atoms with E-state index in [1.807, 2.05) is 18.2 Å². The molecule has 3 nitrogen and oxygen atoms in total. The molecule has 0 fully saturated rings. The van der Waals surface area contributed by atoms with Crippen LogP contribution in [-0.2, 0) is 11.3 Å².